The fourth-order valence-corrected chi connectivity index (χ4v) is 4.78. The maximum absolute atomic E-state index is 2.37. The van der Waals surface area contributed by atoms with Crippen LogP contribution in [-0.2, 0) is 12.8 Å². The van der Waals surface area contributed by atoms with Crippen molar-refractivity contribution >= 4 is 21.5 Å². The number of benzene rings is 5. The molecule has 5 rings (SSSR count). The summed E-state index contributed by atoms with van der Waals surface area (Å²) in [5.74, 6) is 0. The monoisotopic (exact) mass is 386 g/mol. The molecule has 146 valence electrons. The van der Waals surface area contributed by atoms with E-state index >= 15 is 0 Å². The summed E-state index contributed by atoms with van der Waals surface area (Å²) in [6.07, 6.45) is 2.09. The van der Waals surface area contributed by atoms with Crippen molar-refractivity contribution < 1.29 is 0 Å². The molecule has 5 aromatic rings. The second-order valence-corrected chi connectivity index (χ2v) is 7.93. The van der Waals surface area contributed by atoms with Crippen molar-refractivity contribution in [1.82, 2.24) is 0 Å². The van der Waals surface area contributed by atoms with Crippen molar-refractivity contribution in [1.29, 1.82) is 0 Å². The lowest BCUT2D eigenvalue weighted by molar-refractivity contribution is 1.04. The summed E-state index contributed by atoms with van der Waals surface area (Å²) in [6.45, 7) is 4.55. The Morgan fingerprint density at radius 1 is 0.533 bits per heavy atom. The highest BCUT2D eigenvalue weighted by Gasteiger charge is 2.17. The molecule has 0 aliphatic rings. The van der Waals surface area contributed by atoms with Crippen molar-refractivity contribution in [3.8, 4) is 22.3 Å². The minimum Gasteiger partial charge on any atom is -0.0622 e. The van der Waals surface area contributed by atoms with Gasteiger partial charge in [-0.1, -0.05) is 98.8 Å². The molecule has 0 N–H and O–H groups in total. The first-order chi connectivity index (χ1) is 14.8. The van der Waals surface area contributed by atoms with Crippen LogP contribution in [0.3, 0.4) is 0 Å². The predicted molar refractivity (Wildman–Crippen MR) is 131 cm³/mol. The molecule has 0 aliphatic heterocycles. The lowest BCUT2D eigenvalue weighted by Gasteiger charge is -2.20. The Bertz CT molecular complexity index is 1340. The fraction of sp³-hybridized carbons (Fsp3) is 0.133. The smallest absolute Gasteiger partial charge is 0.00644 e. The number of aryl methyl sites for hydroxylation is 1. The van der Waals surface area contributed by atoms with E-state index in [1.807, 2.05) is 0 Å². The van der Waals surface area contributed by atoms with Crippen molar-refractivity contribution in [2.75, 3.05) is 0 Å². The SMILES string of the molecule is CCc1ccc(-c2ccccc2)c(-c2cccc3cc4ccccc4cc23)c1CC. The number of rotatable bonds is 4. The molecule has 0 bridgehead atoms. The van der Waals surface area contributed by atoms with E-state index in [1.165, 1.54) is 54.9 Å². The van der Waals surface area contributed by atoms with E-state index in [0.717, 1.165) is 12.8 Å². The molecular weight excluding hydrogens is 360 g/mol. The summed E-state index contributed by atoms with van der Waals surface area (Å²) in [7, 11) is 0. The molecule has 30 heavy (non-hydrogen) atoms. The van der Waals surface area contributed by atoms with E-state index in [0.29, 0.717) is 0 Å². The zero-order valence-electron chi connectivity index (χ0n) is 17.7. The molecule has 0 heteroatoms. The average molecular weight is 387 g/mol. The van der Waals surface area contributed by atoms with Gasteiger partial charge in [0.1, 0.15) is 0 Å². The van der Waals surface area contributed by atoms with Gasteiger partial charge in [-0.15, -0.1) is 0 Å². The third kappa shape index (κ3) is 3.09. The average Bonchev–Trinajstić information content (AvgIpc) is 2.82. The van der Waals surface area contributed by atoms with Crippen molar-refractivity contribution in [3.05, 3.63) is 108 Å². The van der Waals surface area contributed by atoms with Crippen molar-refractivity contribution in [2.45, 2.75) is 26.7 Å². The van der Waals surface area contributed by atoms with Crippen LogP contribution in [0.1, 0.15) is 25.0 Å². The highest BCUT2D eigenvalue weighted by Crippen LogP contribution is 2.41. The van der Waals surface area contributed by atoms with Gasteiger partial charge >= 0.3 is 0 Å². The second-order valence-electron chi connectivity index (χ2n) is 7.93. The zero-order valence-corrected chi connectivity index (χ0v) is 17.7. The molecule has 0 aromatic heterocycles. The summed E-state index contributed by atoms with van der Waals surface area (Å²) in [4.78, 5) is 0. The summed E-state index contributed by atoms with van der Waals surface area (Å²) < 4.78 is 0. The molecule has 0 saturated heterocycles. The van der Waals surface area contributed by atoms with Gasteiger partial charge in [0.2, 0.25) is 0 Å². The molecule has 0 amide bonds. The number of hydrogen-bond acceptors (Lipinski definition) is 0. The van der Waals surface area contributed by atoms with Gasteiger partial charge in [-0.2, -0.15) is 0 Å². The first-order valence-corrected chi connectivity index (χ1v) is 10.9. The third-order valence-electron chi connectivity index (χ3n) is 6.25. The van der Waals surface area contributed by atoms with Gasteiger partial charge in [-0.05, 0) is 79.9 Å². The summed E-state index contributed by atoms with van der Waals surface area (Å²) in [5.41, 5.74) is 8.26. The molecule has 0 spiro atoms. The predicted octanol–water partition coefficient (Wildman–Crippen LogP) is 8.45. The van der Waals surface area contributed by atoms with Gasteiger partial charge in [0.05, 0.1) is 0 Å². The minimum absolute atomic E-state index is 1.03. The van der Waals surface area contributed by atoms with Crippen LogP contribution < -0.4 is 0 Å². The summed E-state index contributed by atoms with van der Waals surface area (Å²) in [6, 6.07) is 35.6. The van der Waals surface area contributed by atoms with Crippen LogP contribution in [0.5, 0.6) is 0 Å². The van der Waals surface area contributed by atoms with Crippen LogP contribution in [0.4, 0.5) is 0 Å². The van der Waals surface area contributed by atoms with Gasteiger partial charge in [-0.3, -0.25) is 0 Å². The van der Waals surface area contributed by atoms with E-state index in [1.54, 1.807) is 0 Å². The van der Waals surface area contributed by atoms with Crippen LogP contribution in [0.15, 0.2) is 97.1 Å². The Morgan fingerprint density at radius 2 is 1.23 bits per heavy atom. The highest BCUT2D eigenvalue weighted by molar-refractivity contribution is 6.07. The van der Waals surface area contributed by atoms with E-state index in [4.69, 9.17) is 0 Å². The van der Waals surface area contributed by atoms with E-state index in [9.17, 15) is 0 Å². The molecule has 0 unspecified atom stereocenters. The summed E-state index contributed by atoms with van der Waals surface area (Å²) >= 11 is 0. The lowest BCUT2D eigenvalue weighted by Crippen LogP contribution is -1.99. The fourth-order valence-electron chi connectivity index (χ4n) is 4.78. The first kappa shape index (κ1) is 18.6. The third-order valence-corrected chi connectivity index (χ3v) is 6.25. The normalized spacial score (nSPS) is 11.3. The van der Waals surface area contributed by atoms with Crippen LogP contribution >= 0.6 is 0 Å². The number of hydrogen-bond donors (Lipinski definition) is 0. The van der Waals surface area contributed by atoms with E-state index < -0.39 is 0 Å². The van der Waals surface area contributed by atoms with E-state index in [2.05, 4.69) is 111 Å². The quantitative estimate of drug-likeness (QED) is 0.272. The molecule has 0 fully saturated rings. The molecule has 0 nitrogen and oxygen atoms in total. The Balaban J connectivity index is 1.89. The van der Waals surface area contributed by atoms with Crippen LogP contribution in [0.25, 0.3) is 43.8 Å². The molecule has 0 saturated carbocycles. The largest absolute Gasteiger partial charge is 0.0622 e. The Morgan fingerprint density at radius 3 is 1.97 bits per heavy atom. The topological polar surface area (TPSA) is 0 Å². The first-order valence-electron chi connectivity index (χ1n) is 10.9. The second kappa shape index (κ2) is 7.80. The molecule has 0 radical (unpaired) electrons. The highest BCUT2D eigenvalue weighted by atomic mass is 14.2. The molecule has 0 aliphatic carbocycles. The standard InChI is InChI=1S/C30H26/c1-3-21-17-18-27(22-11-6-5-7-12-22)30(26(21)4-2)28-16-10-15-25-19-23-13-8-9-14-24(23)20-29(25)28/h5-20H,3-4H2,1-2H3. The van der Waals surface area contributed by atoms with Crippen molar-refractivity contribution in [3.63, 3.8) is 0 Å². The molecule has 0 atom stereocenters. The molecular formula is C30H26. The lowest BCUT2D eigenvalue weighted by atomic mass is 9.84. The van der Waals surface area contributed by atoms with Crippen LogP contribution in [0, 0.1) is 0 Å². The van der Waals surface area contributed by atoms with E-state index in [-0.39, 0.29) is 0 Å². The minimum atomic E-state index is 1.03. The van der Waals surface area contributed by atoms with Crippen molar-refractivity contribution in [2.24, 2.45) is 0 Å². The number of fused-ring (bicyclic) bond motifs is 2. The summed E-state index contributed by atoms with van der Waals surface area (Å²) in [5, 5.41) is 5.22. The van der Waals surface area contributed by atoms with Gasteiger partial charge in [-0.25, -0.2) is 0 Å². The Hall–Kier alpha value is -3.38. The van der Waals surface area contributed by atoms with Gasteiger partial charge in [0, 0.05) is 0 Å². The Kier molecular flexibility index (Phi) is 4.85. The molecule has 0 heterocycles. The Labute approximate surface area is 178 Å². The van der Waals surface area contributed by atoms with Gasteiger partial charge in [0.25, 0.3) is 0 Å². The zero-order chi connectivity index (χ0) is 20.5. The van der Waals surface area contributed by atoms with Crippen LogP contribution in [-0.4, -0.2) is 0 Å². The van der Waals surface area contributed by atoms with Gasteiger partial charge in [0.15, 0.2) is 0 Å². The maximum Gasteiger partial charge on any atom is -0.00644 e. The van der Waals surface area contributed by atoms with Gasteiger partial charge < -0.3 is 0 Å². The molecule has 5 aromatic carbocycles. The maximum atomic E-state index is 2.37. The van der Waals surface area contributed by atoms with Crippen LogP contribution in [0.2, 0.25) is 0 Å².